The van der Waals surface area contributed by atoms with Crippen molar-refractivity contribution in [2.24, 2.45) is 29.1 Å². The summed E-state index contributed by atoms with van der Waals surface area (Å²) < 4.78 is 14.3. The van der Waals surface area contributed by atoms with Crippen molar-refractivity contribution in [2.75, 3.05) is 0 Å². The third kappa shape index (κ3) is 2.06. The highest BCUT2D eigenvalue weighted by atomic mass is 19.1. The van der Waals surface area contributed by atoms with E-state index in [0.717, 1.165) is 6.42 Å². The molecule has 92 valence electrons. The van der Waals surface area contributed by atoms with Crippen molar-refractivity contribution in [3.05, 3.63) is 11.9 Å². The highest BCUT2D eigenvalue weighted by molar-refractivity contribution is 5.14. The third-order valence-electron chi connectivity index (χ3n) is 4.82. The summed E-state index contributed by atoms with van der Waals surface area (Å²) in [5.41, 5.74) is 0.184. The van der Waals surface area contributed by atoms with Crippen molar-refractivity contribution in [3.63, 3.8) is 0 Å². The molecule has 1 saturated carbocycles. The van der Waals surface area contributed by atoms with E-state index >= 15 is 0 Å². The van der Waals surface area contributed by atoms with Crippen LogP contribution in [0.3, 0.4) is 0 Å². The van der Waals surface area contributed by atoms with Gasteiger partial charge < -0.3 is 0 Å². The van der Waals surface area contributed by atoms with Crippen molar-refractivity contribution < 1.29 is 4.39 Å². The number of hydrogen-bond acceptors (Lipinski definition) is 0. The molecule has 0 aromatic carbocycles. The van der Waals surface area contributed by atoms with Gasteiger partial charge in [0, 0.05) is 5.92 Å². The van der Waals surface area contributed by atoms with E-state index in [0.29, 0.717) is 17.8 Å². The average Bonchev–Trinajstić information content (AvgIpc) is 2.16. The van der Waals surface area contributed by atoms with Gasteiger partial charge in [0.1, 0.15) is 5.83 Å². The van der Waals surface area contributed by atoms with E-state index in [2.05, 4.69) is 27.7 Å². The van der Waals surface area contributed by atoms with Crippen molar-refractivity contribution in [3.8, 4) is 0 Å². The molecule has 1 heteroatoms. The second-order valence-corrected chi connectivity index (χ2v) is 6.77. The molecule has 2 aliphatic carbocycles. The SMILES string of the molecule is CC1/C=C(\F)C2C(CC2(C)C)C(C)CCC1. The molecule has 0 bridgehead atoms. The fourth-order valence-corrected chi connectivity index (χ4v) is 3.81. The van der Waals surface area contributed by atoms with Gasteiger partial charge in [0.2, 0.25) is 0 Å². The Morgan fingerprint density at radius 1 is 1.25 bits per heavy atom. The van der Waals surface area contributed by atoms with Crippen LogP contribution in [0.1, 0.15) is 53.4 Å². The Balaban J connectivity index is 2.23. The highest BCUT2D eigenvalue weighted by Crippen LogP contribution is 2.58. The number of halogens is 1. The van der Waals surface area contributed by atoms with E-state index < -0.39 is 0 Å². The van der Waals surface area contributed by atoms with Gasteiger partial charge in [0.05, 0.1) is 0 Å². The van der Waals surface area contributed by atoms with E-state index in [-0.39, 0.29) is 17.2 Å². The fraction of sp³-hybridized carbons (Fsp3) is 0.867. The Kier molecular flexibility index (Phi) is 3.16. The molecule has 4 unspecified atom stereocenters. The number of rotatable bonds is 0. The lowest BCUT2D eigenvalue weighted by Gasteiger charge is -2.53. The molecule has 0 saturated heterocycles. The second kappa shape index (κ2) is 4.16. The summed E-state index contributed by atoms with van der Waals surface area (Å²) in [5.74, 6) is 2.09. The van der Waals surface area contributed by atoms with Crippen LogP contribution in [-0.4, -0.2) is 0 Å². The smallest absolute Gasteiger partial charge is 0.100 e. The van der Waals surface area contributed by atoms with Gasteiger partial charge in [-0.05, 0) is 42.1 Å². The lowest BCUT2D eigenvalue weighted by Crippen LogP contribution is -2.47. The lowest BCUT2D eigenvalue weighted by atomic mass is 9.51. The van der Waals surface area contributed by atoms with Gasteiger partial charge in [0.25, 0.3) is 0 Å². The predicted molar refractivity (Wildman–Crippen MR) is 66.7 cm³/mol. The van der Waals surface area contributed by atoms with Crippen LogP contribution in [0.4, 0.5) is 4.39 Å². The zero-order valence-corrected chi connectivity index (χ0v) is 11.1. The van der Waals surface area contributed by atoms with Gasteiger partial charge in [-0.2, -0.15) is 0 Å². The minimum Gasteiger partial charge on any atom is -0.212 e. The summed E-state index contributed by atoms with van der Waals surface area (Å²) in [6.07, 6.45) is 6.79. The van der Waals surface area contributed by atoms with Crippen LogP contribution in [0.2, 0.25) is 0 Å². The molecule has 16 heavy (non-hydrogen) atoms. The first-order chi connectivity index (χ1) is 7.42. The normalized spacial score (nSPS) is 46.4. The maximum absolute atomic E-state index is 14.3. The Bertz CT molecular complexity index is 290. The van der Waals surface area contributed by atoms with Gasteiger partial charge in [-0.1, -0.05) is 40.5 Å². The summed E-state index contributed by atoms with van der Waals surface area (Å²) in [6, 6.07) is 0. The molecule has 0 spiro atoms. The highest BCUT2D eigenvalue weighted by Gasteiger charge is 2.51. The van der Waals surface area contributed by atoms with Gasteiger partial charge in [-0.25, -0.2) is 4.39 Å². The van der Waals surface area contributed by atoms with Gasteiger partial charge in [-0.3, -0.25) is 0 Å². The lowest BCUT2D eigenvalue weighted by molar-refractivity contribution is -0.0320. The Labute approximate surface area is 99.3 Å². The van der Waals surface area contributed by atoms with Crippen LogP contribution in [0.5, 0.6) is 0 Å². The quantitative estimate of drug-likeness (QED) is 0.545. The summed E-state index contributed by atoms with van der Waals surface area (Å²) >= 11 is 0. The number of allylic oxidation sites excluding steroid dienone is 2. The maximum Gasteiger partial charge on any atom is 0.100 e. The first-order valence-corrected chi connectivity index (χ1v) is 6.79. The third-order valence-corrected chi connectivity index (χ3v) is 4.82. The molecule has 1 fully saturated rings. The monoisotopic (exact) mass is 224 g/mol. The number of hydrogen-bond donors (Lipinski definition) is 0. The van der Waals surface area contributed by atoms with Crippen LogP contribution < -0.4 is 0 Å². The largest absolute Gasteiger partial charge is 0.212 e. The van der Waals surface area contributed by atoms with Crippen molar-refractivity contribution in [1.29, 1.82) is 0 Å². The van der Waals surface area contributed by atoms with E-state index in [4.69, 9.17) is 0 Å². The van der Waals surface area contributed by atoms with Gasteiger partial charge >= 0.3 is 0 Å². The molecular formula is C15H25F. The standard InChI is InChI=1S/C15H25F/c1-10-6-5-7-11(2)12-9-15(3,4)14(12)13(16)8-10/h8,10-12,14H,5-7,9H2,1-4H3/b13-8-. The van der Waals surface area contributed by atoms with Crippen molar-refractivity contribution in [2.45, 2.75) is 53.4 Å². The first-order valence-electron chi connectivity index (χ1n) is 6.79. The topological polar surface area (TPSA) is 0 Å². The van der Waals surface area contributed by atoms with Crippen molar-refractivity contribution in [1.82, 2.24) is 0 Å². The fourth-order valence-electron chi connectivity index (χ4n) is 3.81. The van der Waals surface area contributed by atoms with Gasteiger partial charge in [-0.15, -0.1) is 0 Å². The maximum atomic E-state index is 14.3. The molecule has 0 aliphatic heterocycles. The summed E-state index contributed by atoms with van der Waals surface area (Å²) in [5, 5.41) is 0. The summed E-state index contributed by atoms with van der Waals surface area (Å²) in [7, 11) is 0. The van der Waals surface area contributed by atoms with Crippen LogP contribution in [0.25, 0.3) is 0 Å². The van der Waals surface area contributed by atoms with Crippen LogP contribution in [-0.2, 0) is 0 Å². The molecule has 0 nitrogen and oxygen atoms in total. The molecule has 0 radical (unpaired) electrons. The van der Waals surface area contributed by atoms with Crippen LogP contribution >= 0.6 is 0 Å². The second-order valence-electron chi connectivity index (χ2n) is 6.77. The Morgan fingerprint density at radius 3 is 2.56 bits per heavy atom. The summed E-state index contributed by atoms with van der Waals surface area (Å²) in [4.78, 5) is 0. The van der Waals surface area contributed by atoms with Crippen LogP contribution in [0, 0.1) is 29.1 Å². The zero-order chi connectivity index (χ0) is 11.9. The van der Waals surface area contributed by atoms with E-state index in [1.807, 2.05) is 6.08 Å². The van der Waals surface area contributed by atoms with Crippen molar-refractivity contribution >= 4 is 0 Å². The Morgan fingerprint density at radius 2 is 1.94 bits per heavy atom. The molecule has 0 N–H and O–H groups in total. The minimum atomic E-state index is 0.183. The number of fused-ring (bicyclic) bond motifs is 1. The molecule has 0 heterocycles. The predicted octanol–water partition coefficient (Wildman–Crippen LogP) is 4.96. The van der Waals surface area contributed by atoms with E-state index in [1.165, 1.54) is 19.3 Å². The molecule has 0 amide bonds. The van der Waals surface area contributed by atoms with Gasteiger partial charge in [0.15, 0.2) is 0 Å². The zero-order valence-electron chi connectivity index (χ0n) is 11.1. The Hall–Kier alpha value is -0.330. The molecule has 0 aromatic rings. The molecular weight excluding hydrogens is 199 g/mol. The molecule has 4 atom stereocenters. The average molecular weight is 224 g/mol. The minimum absolute atomic E-state index is 0.183. The van der Waals surface area contributed by atoms with E-state index in [9.17, 15) is 4.39 Å². The summed E-state index contributed by atoms with van der Waals surface area (Å²) in [6.45, 7) is 8.90. The molecule has 0 aromatic heterocycles. The van der Waals surface area contributed by atoms with E-state index in [1.54, 1.807) is 0 Å². The van der Waals surface area contributed by atoms with Crippen LogP contribution in [0.15, 0.2) is 11.9 Å². The molecule has 2 rings (SSSR count). The first kappa shape index (κ1) is 12.1. The molecule has 2 aliphatic rings.